The minimum absolute atomic E-state index is 0.262. The molecule has 1 N–H and O–H groups in total. The zero-order valence-electron chi connectivity index (χ0n) is 11.4. The van der Waals surface area contributed by atoms with Gasteiger partial charge >= 0.3 is 5.88 Å². The number of aryl methyl sites for hydroxylation is 1. The predicted octanol–water partition coefficient (Wildman–Crippen LogP) is 1.54. The maximum Gasteiger partial charge on any atom is 0.433 e. The SMILES string of the molecule is CCn1cc(/C=N/NC(C)=O)c(-c2ccc([N+](=O)[O-])o2)n1. The highest BCUT2D eigenvalue weighted by molar-refractivity contribution is 5.88. The highest BCUT2D eigenvalue weighted by Gasteiger charge is 2.18. The molecule has 0 saturated carbocycles. The molecule has 21 heavy (non-hydrogen) atoms. The van der Waals surface area contributed by atoms with Crippen LogP contribution in [0.25, 0.3) is 11.5 Å². The molecular weight excluding hydrogens is 278 g/mol. The highest BCUT2D eigenvalue weighted by atomic mass is 16.6. The minimum Gasteiger partial charge on any atom is -0.399 e. The number of hydrogen-bond acceptors (Lipinski definition) is 6. The minimum atomic E-state index is -0.620. The third-order valence-electron chi connectivity index (χ3n) is 2.54. The predicted molar refractivity (Wildman–Crippen MR) is 73.7 cm³/mol. The molecule has 0 radical (unpaired) electrons. The topological polar surface area (TPSA) is 116 Å². The maximum atomic E-state index is 10.8. The molecule has 9 nitrogen and oxygen atoms in total. The van der Waals surface area contributed by atoms with E-state index in [4.69, 9.17) is 4.42 Å². The van der Waals surface area contributed by atoms with E-state index in [2.05, 4.69) is 15.6 Å². The summed E-state index contributed by atoms with van der Waals surface area (Å²) in [4.78, 5) is 20.8. The van der Waals surface area contributed by atoms with Crippen LogP contribution in [0.15, 0.2) is 27.8 Å². The lowest BCUT2D eigenvalue weighted by Crippen LogP contribution is -2.12. The summed E-state index contributed by atoms with van der Waals surface area (Å²) >= 11 is 0. The normalized spacial score (nSPS) is 11.0. The monoisotopic (exact) mass is 291 g/mol. The van der Waals surface area contributed by atoms with Crippen LogP contribution in [-0.4, -0.2) is 26.8 Å². The summed E-state index contributed by atoms with van der Waals surface area (Å²) in [6.45, 7) is 3.85. The van der Waals surface area contributed by atoms with Gasteiger partial charge in [-0.15, -0.1) is 0 Å². The molecule has 0 spiro atoms. The average Bonchev–Trinajstić information content (AvgIpc) is 3.03. The van der Waals surface area contributed by atoms with Crippen molar-refractivity contribution >= 4 is 18.0 Å². The molecule has 0 atom stereocenters. The third kappa shape index (κ3) is 3.32. The molecule has 9 heteroatoms. The summed E-state index contributed by atoms with van der Waals surface area (Å²) in [6.07, 6.45) is 3.11. The van der Waals surface area contributed by atoms with Crippen LogP contribution in [0.3, 0.4) is 0 Å². The van der Waals surface area contributed by atoms with Gasteiger partial charge < -0.3 is 4.42 Å². The fourth-order valence-corrected chi connectivity index (χ4v) is 1.63. The van der Waals surface area contributed by atoms with Crippen molar-refractivity contribution in [1.82, 2.24) is 15.2 Å². The quantitative estimate of drug-likeness (QED) is 0.509. The standard InChI is InChI=1S/C12H13N5O4/c1-3-16-7-9(6-13-14-8(2)18)12(15-16)10-4-5-11(21-10)17(19)20/h4-7H,3H2,1-2H3,(H,14,18)/b13-6+. The van der Waals surface area contributed by atoms with Gasteiger partial charge in [-0.3, -0.25) is 19.6 Å². The first-order valence-electron chi connectivity index (χ1n) is 6.13. The van der Waals surface area contributed by atoms with Gasteiger partial charge in [-0.05, 0) is 13.0 Å². The Hall–Kier alpha value is -2.97. The van der Waals surface area contributed by atoms with Crippen LogP contribution in [0.4, 0.5) is 5.88 Å². The Morgan fingerprint density at radius 2 is 2.38 bits per heavy atom. The number of hydrogen-bond donors (Lipinski definition) is 1. The van der Waals surface area contributed by atoms with Gasteiger partial charge in [-0.2, -0.15) is 10.2 Å². The van der Waals surface area contributed by atoms with E-state index in [0.29, 0.717) is 17.8 Å². The molecule has 0 saturated heterocycles. The number of carbonyl (C=O) groups excluding carboxylic acids is 1. The van der Waals surface area contributed by atoms with E-state index in [1.165, 1.54) is 25.3 Å². The van der Waals surface area contributed by atoms with Gasteiger partial charge in [-0.25, -0.2) is 5.43 Å². The molecule has 0 fully saturated rings. The van der Waals surface area contributed by atoms with E-state index in [1.54, 1.807) is 10.9 Å². The van der Waals surface area contributed by atoms with Crippen molar-refractivity contribution in [1.29, 1.82) is 0 Å². The number of nitrogens with one attached hydrogen (secondary N) is 1. The summed E-state index contributed by atoms with van der Waals surface area (Å²) in [5.41, 5.74) is 3.27. The molecule has 2 aromatic rings. The highest BCUT2D eigenvalue weighted by Crippen LogP contribution is 2.26. The van der Waals surface area contributed by atoms with E-state index < -0.39 is 4.92 Å². The molecule has 2 rings (SSSR count). The molecule has 0 aliphatic heterocycles. The van der Waals surface area contributed by atoms with Gasteiger partial charge in [0.15, 0.2) is 5.76 Å². The second kappa shape index (κ2) is 5.99. The lowest BCUT2D eigenvalue weighted by molar-refractivity contribution is -0.401. The molecule has 0 bridgehead atoms. The number of rotatable bonds is 5. The molecular formula is C12H13N5O4. The van der Waals surface area contributed by atoms with Crippen LogP contribution in [0, 0.1) is 10.1 Å². The van der Waals surface area contributed by atoms with Crippen molar-refractivity contribution < 1.29 is 14.1 Å². The summed E-state index contributed by atoms with van der Waals surface area (Å²) in [5.74, 6) is -0.400. The van der Waals surface area contributed by atoms with Gasteiger partial charge in [-0.1, -0.05) is 0 Å². The molecule has 0 unspecified atom stereocenters. The first kappa shape index (κ1) is 14.4. The van der Waals surface area contributed by atoms with E-state index in [-0.39, 0.29) is 17.6 Å². The van der Waals surface area contributed by atoms with Crippen LogP contribution in [-0.2, 0) is 11.3 Å². The Kier molecular flexibility index (Phi) is 4.12. The summed E-state index contributed by atoms with van der Waals surface area (Å²) in [5, 5.41) is 18.7. The first-order chi connectivity index (χ1) is 10.0. The van der Waals surface area contributed by atoms with E-state index in [9.17, 15) is 14.9 Å². The zero-order valence-corrected chi connectivity index (χ0v) is 11.4. The van der Waals surface area contributed by atoms with Gasteiger partial charge in [0.05, 0.1) is 12.3 Å². The Labute approximate surface area is 119 Å². The van der Waals surface area contributed by atoms with Gasteiger partial charge in [0.2, 0.25) is 5.91 Å². The summed E-state index contributed by atoms with van der Waals surface area (Å²) < 4.78 is 6.77. The van der Waals surface area contributed by atoms with Crippen molar-refractivity contribution in [2.24, 2.45) is 5.10 Å². The van der Waals surface area contributed by atoms with Crippen LogP contribution in [0.2, 0.25) is 0 Å². The van der Waals surface area contributed by atoms with Crippen molar-refractivity contribution in [2.45, 2.75) is 20.4 Å². The number of nitro groups is 1. The van der Waals surface area contributed by atoms with Gasteiger partial charge in [0.25, 0.3) is 0 Å². The van der Waals surface area contributed by atoms with Crippen molar-refractivity contribution in [3.8, 4) is 11.5 Å². The summed E-state index contributed by atoms with van der Waals surface area (Å²) in [6, 6.07) is 2.73. The smallest absolute Gasteiger partial charge is 0.399 e. The number of aromatic nitrogens is 2. The molecule has 0 aromatic carbocycles. The number of nitrogens with zero attached hydrogens (tertiary/aromatic N) is 4. The molecule has 2 aromatic heterocycles. The van der Waals surface area contributed by atoms with Crippen molar-refractivity contribution in [2.75, 3.05) is 0 Å². The Bertz CT molecular complexity index is 700. The fourth-order valence-electron chi connectivity index (χ4n) is 1.63. The van der Waals surface area contributed by atoms with E-state index in [1.807, 2.05) is 6.92 Å². The van der Waals surface area contributed by atoms with Crippen LogP contribution in [0.1, 0.15) is 19.4 Å². The Balaban J connectivity index is 2.36. The zero-order chi connectivity index (χ0) is 15.4. The largest absolute Gasteiger partial charge is 0.433 e. The number of hydrazone groups is 1. The van der Waals surface area contributed by atoms with Crippen molar-refractivity contribution in [3.05, 3.63) is 34.0 Å². The van der Waals surface area contributed by atoms with E-state index in [0.717, 1.165) is 0 Å². The lowest BCUT2D eigenvalue weighted by atomic mass is 10.2. The number of amides is 1. The number of carbonyl (C=O) groups is 1. The molecule has 110 valence electrons. The first-order valence-corrected chi connectivity index (χ1v) is 6.13. The van der Waals surface area contributed by atoms with Crippen molar-refractivity contribution in [3.63, 3.8) is 0 Å². The fraction of sp³-hybridized carbons (Fsp3) is 0.250. The van der Waals surface area contributed by atoms with E-state index >= 15 is 0 Å². The average molecular weight is 291 g/mol. The van der Waals surface area contributed by atoms with Crippen LogP contribution in [0.5, 0.6) is 0 Å². The molecule has 2 heterocycles. The summed E-state index contributed by atoms with van der Waals surface area (Å²) in [7, 11) is 0. The van der Waals surface area contributed by atoms with Gasteiger partial charge in [0.1, 0.15) is 10.6 Å². The maximum absolute atomic E-state index is 10.8. The second-order valence-corrected chi connectivity index (χ2v) is 4.11. The molecule has 1 amide bonds. The lowest BCUT2D eigenvalue weighted by Gasteiger charge is -1.93. The Morgan fingerprint density at radius 3 is 2.95 bits per heavy atom. The number of furan rings is 1. The Morgan fingerprint density at radius 1 is 1.62 bits per heavy atom. The second-order valence-electron chi connectivity index (χ2n) is 4.11. The van der Waals surface area contributed by atoms with Crippen LogP contribution < -0.4 is 5.43 Å². The van der Waals surface area contributed by atoms with Crippen LogP contribution >= 0.6 is 0 Å². The molecule has 0 aliphatic rings. The van der Waals surface area contributed by atoms with Gasteiger partial charge in [0, 0.05) is 25.2 Å². The third-order valence-corrected chi connectivity index (χ3v) is 2.54. The molecule has 0 aliphatic carbocycles.